The normalized spacial score (nSPS) is 10.3. The molecule has 16 heavy (non-hydrogen) atoms. The number of aromatic nitrogens is 2. The highest BCUT2D eigenvalue weighted by Gasteiger charge is 2.09. The highest BCUT2D eigenvalue weighted by Crippen LogP contribution is 2.19. The van der Waals surface area contributed by atoms with Crippen molar-refractivity contribution in [3.8, 4) is 0 Å². The molecule has 1 heterocycles. The Morgan fingerprint density at radius 3 is 2.88 bits per heavy atom. The van der Waals surface area contributed by atoms with Gasteiger partial charge < -0.3 is 0 Å². The minimum atomic E-state index is -0.368. The molecule has 0 atom stereocenters. The number of rotatable bonds is 3. The Bertz CT molecular complexity index is 506. The SMILES string of the molecule is Cc1cc(Cn2cccn2)ccc1[N+](=O)[O-]. The summed E-state index contributed by atoms with van der Waals surface area (Å²) in [5.74, 6) is 0. The van der Waals surface area contributed by atoms with Crippen LogP contribution in [0.1, 0.15) is 11.1 Å². The molecule has 0 aliphatic heterocycles. The molecular formula is C11H11N3O2. The van der Waals surface area contributed by atoms with Gasteiger partial charge in [0.1, 0.15) is 0 Å². The van der Waals surface area contributed by atoms with Gasteiger partial charge in [-0.15, -0.1) is 0 Å². The topological polar surface area (TPSA) is 61.0 Å². The van der Waals surface area contributed by atoms with Crippen molar-refractivity contribution in [1.82, 2.24) is 9.78 Å². The monoisotopic (exact) mass is 217 g/mol. The van der Waals surface area contributed by atoms with Crippen LogP contribution in [-0.2, 0) is 6.54 Å². The second-order valence-electron chi connectivity index (χ2n) is 3.58. The van der Waals surface area contributed by atoms with Gasteiger partial charge in [0.15, 0.2) is 0 Å². The van der Waals surface area contributed by atoms with Gasteiger partial charge in [-0.3, -0.25) is 14.8 Å². The third-order valence-corrected chi connectivity index (χ3v) is 2.36. The Balaban J connectivity index is 2.24. The highest BCUT2D eigenvalue weighted by atomic mass is 16.6. The van der Waals surface area contributed by atoms with Crippen LogP contribution in [0.4, 0.5) is 5.69 Å². The number of nitrogens with zero attached hydrogens (tertiary/aromatic N) is 3. The van der Waals surface area contributed by atoms with E-state index in [4.69, 9.17) is 0 Å². The molecule has 1 aromatic heterocycles. The van der Waals surface area contributed by atoms with Crippen LogP contribution < -0.4 is 0 Å². The summed E-state index contributed by atoms with van der Waals surface area (Å²) in [4.78, 5) is 10.3. The number of aryl methyl sites for hydroxylation is 1. The van der Waals surface area contributed by atoms with Crippen molar-refractivity contribution in [3.63, 3.8) is 0 Å². The number of nitro benzene ring substituents is 1. The maximum Gasteiger partial charge on any atom is 0.272 e. The quantitative estimate of drug-likeness (QED) is 0.584. The molecule has 1 aromatic carbocycles. The van der Waals surface area contributed by atoms with Crippen molar-refractivity contribution in [1.29, 1.82) is 0 Å². The largest absolute Gasteiger partial charge is 0.272 e. The van der Waals surface area contributed by atoms with Crippen molar-refractivity contribution in [3.05, 3.63) is 57.9 Å². The van der Waals surface area contributed by atoms with E-state index in [-0.39, 0.29) is 10.6 Å². The van der Waals surface area contributed by atoms with E-state index in [1.54, 1.807) is 23.9 Å². The second kappa shape index (κ2) is 4.14. The zero-order valence-corrected chi connectivity index (χ0v) is 8.83. The first-order valence-electron chi connectivity index (χ1n) is 4.88. The van der Waals surface area contributed by atoms with E-state index >= 15 is 0 Å². The fraction of sp³-hybridized carbons (Fsp3) is 0.182. The molecule has 0 bridgehead atoms. The smallest absolute Gasteiger partial charge is 0.268 e. The second-order valence-corrected chi connectivity index (χ2v) is 3.58. The molecular weight excluding hydrogens is 206 g/mol. The van der Waals surface area contributed by atoms with Gasteiger partial charge in [-0.05, 0) is 24.6 Å². The average Bonchev–Trinajstić information content (AvgIpc) is 2.70. The lowest BCUT2D eigenvalue weighted by Crippen LogP contribution is -2.01. The van der Waals surface area contributed by atoms with E-state index in [2.05, 4.69) is 5.10 Å². The molecule has 0 radical (unpaired) electrons. The Labute approximate surface area is 92.5 Å². The first-order chi connectivity index (χ1) is 7.66. The van der Waals surface area contributed by atoms with Gasteiger partial charge in [0.25, 0.3) is 5.69 Å². The van der Waals surface area contributed by atoms with E-state index in [1.165, 1.54) is 6.07 Å². The molecule has 0 unspecified atom stereocenters. The van der Waals surface area contributed by atoms with Crippen LogP contribution in [0.5, 0.6) is 0 Å². The van der Waals surface area contributed by atoms with Gasteiger partial charge in [0, 0.05) is 24.0 Å². The molecule has 0 fully saturated rings. The van der Waals surface area contributed by atoms with E-state index < -0.39 is 0 Å². The Kier molecular flexibility index (Phi) is 2.68. The van der Waals surface area contributed by atoms with Crippen molar-refractivity contribution >= 4 is 5.69 Å². The molecule has 0 spiro atoms. The van der Waals surface area contributed by atoms with Gasteiger partial charge in [-0.2, -0.15) is 5.10 Å². The van der Waals surface area contributed by atoms with E-state index in [9.17, 15) is 10.1 Å². The van der Waals surface area contributed by atoms with Gasteiger partial charge in [-0.1, -0.05) is 6.07 Å². The van der Waals surface area contributed by atoms with E-state index in [0.29, 0.717) is 12.1 Å². The minimum Gasteiger partial charge on any atom is -0.268 e. The first-order valence-corrected chi connectivity index (χ1v) is 4.88. The van der Waals surface area contributed by atoms with E-state index in [1.807, 2.05) is 18.3 Å². The summed E-state index contributed by atoms with van der Waals surface area (Å²) in [7, 11) is 0. The van der Waals surface area contributed by atoms with Crippen LogP contribution in [0.2, 0.25) is 0 Å². The van der Waals surface area contributed by atoms with Crippen LogP contribution in [0, 0.1) is 17.0 Å². The molecule has 5 nitrogen and oxygen atoms in total. The maximum absolute atomic E-state index is 10.6. The lowest BCUT2D eigenvalue weighted by molar-refractivity contribution is -0.385. The third-order valence-electron chi connectivity index (χ3n) is 2.36. The molecule has 2 rings (SSSR count). The molecule has 0 aliphatic carbocycles. The lowest BCUT2D eigenvalue weighted by atomic mass is 10.1. The molecule has 5 heteroatoms. The molecule has 0 amide bonds. The number of nitro groups is 1. The van der Waals surface area contributed by atoms with Gasteiger partial charge in [-0.25, -0.2) is 0 Å². The molecule has 0 N–H and O–H groups in total. The van der Waals surface area contributed by atoms with Gasteiger partial charge in [0.05, 0.1) is 11.5 Å². The number of hydrogen-bond donors (Lipinski definition) is 0. The number of benzene rings is 1. The summed E-state index contributed by atoms with van der Waals surface area (Å²) in [6.07, 6.45) is 3.56. The van der Waals surface area contributed by atoms with Crippen LogP contribution in [0.25, 0.3) is 0 Å². The van der Waals surface area contributed by atoms with Crippen molar-refractivity contribution in [2.24, 2.45) is 0 Å². The highest BCUT2D eigenvalue weighted by molar-refractivity contribution is 5.41. The average molecular weight is 217 g/mol. The lowest BCUT2D eigenvalue weighted by Gasteiger charge is -2.03. The zero-order chi connectivity index (χ0) is 11.5. The molecule has 0 saturated carbocycles. The summed E-state index contributed by atoms with van der Waals surface area (Å²) in [5, 5.41) is 14.7. The van der Waals surface area contributed by atoms with Crippen LogP contribution in [0.15, 0.2) is 36.7 Å². The molecule has 82 valence electrons. The molecule has 0 aliphatic rings. The van der Waals surface area contributed by atoms with Crippen molar-refractivity contribution in [2.75, 3.05) is 0 Å². The summed E-state index contributed by atoms with van der Waals surface area (Å²) in [5.41, 5.74) is 1.84. The predicted octanol–water partition coefficient (Wildman–Crippen LogP) is 2.15. The zero-order valence-electron chi connectivity index (χ0n) is 8.83. The summed E-state index contributed by atoms with van der Waals surface area (Å²) >= 11 is 0. The summed E-state index contributed by atoms with van der Waals surface area (Å²) < 4.78 is 1.78. The van der Waals surface area contributed by atoms with Crippen LogP contribution in [0.3, 0.4) is 0 Å². The van der Waals surface area contributed by atoms with Crippen LogP contribution in [-0.4, -0.2) is 14.7 Å². The standard InChI is InChI=1S/C11H11N3O2/c1-9-7-10(3-4-11(9)14(15)16)8-13-6-2-5-12-13/h2-7H,8H2,1H3. The fourth-order valence-electron chi connectivity index (χ4n) is 1.60. The van der Waals surface area contributed by atoms with Gasteiger partial charge >= 0.3 is 0 Å². The predicted molar refractivity (Wildman–Crippen MR) is 59.2 cm³/mol. The summed E-state index contributed by atoms with van der Waals surface area (Å²) in [6.45, 7) is 2.37. The van der Waals surface area contributed by atoms with Crippen molar-refractivity contribution < 1.29 is 4.92 Å². The first kappa shape index (κ1) is 10.4. The maximum atomic E-state index is 10.6. The van der Waals surface area contributed by atoms with Crippen LogP contribution >= 0.6 is 0 Å². The Morgan fingerprint density at radius 2 is 2.31 bits per heavy atom. The Hall–Kier alpha value is -2.17. The van der Waals surface area contributed by atoms with Crippen molar-refractivity contribution in [2.45, 2.75) is 13.5 Å². The van der Waals surface area contributed by atoms with Gasteiger partial charge in [0.2, 0.25) is 0 Å². The third kappa shape index (κ3) is 2.08. The Morgan fingerprint density at radius 1 is 1.50 bits per heavy atom. The van der Waals surface area contributed by atoms with E-state index in [0.717, 1.165) is 5.56 Å². The molecule has 2 aromatic rings. The fourth-order valence-corrected chi connectivity index (χ4v) is 1.60. The minimum absolute atomic E-state index is 0.157. The molecule has 0 saturated heterocycles. The number of hydrogen-bond acceptors (Lipinski definition) is 3. The summed E-state index contributed by atoms with van der Waals surface area (Å²) in [6, 6.07) is 6.96.